The molecule has 0 aliphatic carbocycles. The average molecular weight is 214 g/mol. The molecule has 4 nitrogen and oxygen atoms in total. The quantitative estimate of drug-likeness (QED) is 0.710. The van der Waals surface area contributed by atoms with Gasteiger partial charge in [0.2, 0.25) is 0 Å². The fourth-order valence-corrected chi connectivity index (χ4v) is 2.44. The second-order valence-electron chi connectivity index (χ2n) is 4.31. The highest BCUT2D eigenvalue weighted by atomic mass is 16.4. The number of likely N-dealkylation sites (tertiary alicyclic amines) is 1. The van der Waals surface area contributed by atoms with E-state index in [2.05, 4.69) is 17.1 Å². The molecule has 0 aromatic carbocycles. The highest BCUT2D eigenvalue weighted by molar-refractivity contribution is 5.73. The van der Waals surface area contributed by atoms with Crippen molar-refractivity contribution in [2.75, 3.05) is 26.7 Å². The van der Waals surface area contributed by atoms with Gasteiger partial charge >= 0.3 is 5.97 Å². The molecule has 0 aromatic heterocycles. The predicted octanol–water partition coefficient (Wildman–Crippen LogP) is 0.781. The van der Waals surface area contributed by atoms with Crippen LogP contribution < -0.4 is 5.32 Å². The van der Waals surface area contributed by atoms with Crippen molar-refractivity contribution in [3.63, 3.8) is 0 Å². The van der Waals surface area contributed by atoms with Crippen molar-refractivity contribution in [2.24, 2.45) is 5.92 Å². The van der Waals surface area contributed by atoms with Crippen molar-refractivity contribution in [1.82, 2.24) is 10.2 Å². The van der Waals surface area contributed by atoms with E-state index in [4.69, 9.17) is 5.11 Å². The van der Waals surface area contributed by atoms with Crippen molar-refractivity contribution in [1.29, 1.82) is 0 Å². The minimum absolute atomic E-state index is 0.257. The van der Waals surface area contributed by atoms with Crippen LogP contribution in [-0.4, -0.2) is 48.7 Å². The summed E-state index contributed by atoms with van der Waals surface area (Å²) < 4.78 is 0. The second-order valence-corrected chi connectivity index (χ2v) is 4.31. The monoisotopic (exact) mass is 214 g/mol. The summed E-state index contributed by atoms with van der Waals surface area (Å²) in [5, 5.41) is 12.0. The fraction of sp³-hybridized carbons (Fsp3) is 0.909. The number of carbonyl (C=O) groups is 1. The van der Waals surface area contributed by atoms with Crippen molar-refractivity contribution in [2.45, 2.75) is 32.2 Å². The first-order valence-corrected chi connectivity index (χ1v) is 5.81. The van der Waals surface area contributed by atoms with Crippen LogP contribution in [0.4, 0.5) is 0 Å². The van der Waals surface area contributed by atoms with Gasteiger partial charge in [-0.25, -0.2) is 0 Å². The van der Waals surface area contributed by atoms with Crippen LogP contribution in [0.2, 0.25) is 0 Å². The van der Waals surface area contributed by atoms with Gasteiger partial charge in [-0.05, 0) is 45.3 Å². The Kier molecular flexibility index (Phi) is 5.05. The number of rotatable bonds is 5. The minimum atomic E-state index is -0.721. The Morgan fingerprint density at radius 3 is 2.93 bits per heavy atom. The summed E-state index contributed by atoms with van der Waals surface area (Å²) in [4.78, 5) is 13.4. The normalized spacial score (nSPS) is 25.1. The zero-order chi connectivity index (χ0) is 11.3. The summed E-state index contributed by atoms with van der Waals surface area (Å²) in [5.74, 6) is -0.464. The summed E-state index contributed by atoms with van der Waals surface area (Å²) in [6.45, 7) is 5.30. The van der Waals surface area contributed by atoms with Gasteiger partial charge in [-0.3, -0.25) is 4.79 Å². The average Bonchev–Trinajstić information content (AvgIpc) is 2.19. The molecule has 1 rings (SSSR count). The van der Waals surface area contributed by atoms with Crippen LogP contribution in [0.3, 0.4) is 0 Å². The fourth-order valence-electron chi connectivity index (χ4n) is 2.44. The molecule has 0 saturated carbocycles. The molecule has 0 bridgehead atoms. The van der Waals surface area contributed by atoms with Crippen molar-refractivity contribution < 1.29 is 9.90 Å². The van der Waals surface area contributed by atoms with Crippen molar-refractivity contribution in [3.05, 3.63) is 0 Å². The Morgan fingerprint density at radius 2 is 2.40 bits per heavy atom. The lowest BCUT2D eigenvalue weighted by Crippen LogP contribution is -2.48. The Balaban J connectivity index is 2.50. The van der Waals surface area contributed by atoms with Crippen LogP contribution in [0.15, 0.2) is 0 Å². The maximum atomic E-state index is 11.0. The van der Waals surface area contributed by atoms with Gasteiger partial charge in [-0.1, -0.05) is 6.92 Å². The third-order valence-corrected chi connectivity index (χ3v) is 3.13. The van der Waals surface area contributed by atoms with Gasteiger partial charge in [0, 0.05) is 6.54 Å². The summed E-state index contributed by atoms with van der Waals surface area (Å²) in [7, 11) is 1.73. The van der Waals surface area contributed by atoms with Crippen molar-refractivity contribution >= 4 is 5.97 Å². The molecule has 1 heterocycles. The zero-order valence-electron chi connectivity index (χ0n) is 9.70. The van der Waals surface area contributed by atoms with Gasteiger partial charge in [0.15, 0.2) is 0 Å². The van der Waals surface area contributed by atoms with E-state index in [9.17, 15) is 4.79 Å². The molecule has 1 aliphatic rings. The lowest BCUT2D eigenvalue weighted by Gasteiger charge is -2.35. The molecule has 0 radical (unpaired) electrons. The predicted molar refractivity (Wildman–Crippen MR) is 59.9 cm³/mol. The number of hydrogen-bond acceptors (Lipinski definition) is 3. The zero-order valence-corrected chi connectivity index (χ0v) is 9.70. The lowest BCUT2D eigenvalue weighted by molar-refractivity contribution is -0.141. The third-order valence-electron chi connectivity index (χ3n) is 3.13. The van der Waals surface area contributed by atoms with Gasteiger partial charge in [-0.15, -0.1) is 0 Å². The molecule has 4 heteroatoms. The van der Waals surface area contributed by atoms with E-state index in [1.54, 1.807) is 7.05 Å². The van der Waals surface area contributed by atoms with Crippen LogP contribution in [0, 0.1) is 5.92 Å². The van der Waals surface area contributed by atoms with Crippen LogP contribution >= 0.6 is 0 Å². The molecular formula is C11H22N2O2. The Morgan fingerprint density at radius 1 is 1.67 bits per heavy atom. The topological polar surface area (TPSA) is 52.6 Å². The van der Waals surface area contributed by atoms with E-state index >= 15 is 0 Å². The number of piperidine rings is 1. The SMILES string of the molecule is CCCN1CCCC(C(NC)C(=O)O)C1. The second kappa shape index (κ2) is 6.08. The van der Waals surface area contributed by atoms with Crippen LogP contribution in [0.25, 0.3) is 0 Å². The Bertz CT molecular complexity index is 207. The highest BCUT2D eigenvalue weighted by Crippen LogP contribution is 2.20. The molecular weight excluding hydrogens is 192 g/mol. The number of nitrogens with one attached hydrogen (secondary N) is 1. The summed E-state index contributed by atoms with van der Waals surface area (Å²) >= 11 is 0. The number of carboxylic acids is 1. The molecule has 1 saturated heterocycles. The minimum Gasteiger partial charge on any atom is -0.480 e. The highest BCUT2D eigenvalue weighted by Gasteiger charge is 2.30. The molecule has 0 aromatic rings. The first-order chi connectivity index (χ1) is 7.19. The van der Waals surface area contributed by atoms with E-state index in [0.29, 0.717) is 0 Å². The molecule has 0 spiro atoms. The summed E-state index contributed by atoms with van der Waals surface area (Å²) in [6.07, 6.45) is 3.29. The smallest absolute Gasteiger partial charge is 0.321 e. The van der Waals surface area contributed by atoms with Crippen LogP contribution in [-0.2, 0) is 4.79 Å². The van der Waals surface area contributed by atoms with Gasteiger partial charge in [0.25, 0.3) is 0 Å². The standard InChI is InChI=1S/C11H22N2O2/c1-3-6-13-7-4-5-9(8-13)10(12-2)11(14)15/h9-10,12H,3-8H2,1-2H3,(H,14,15). The summed E-state index contributed by atoms with van der Waals surface area (Å²) in [6, 6.07) is -0.385. The molecule has 0 amide bonds. The molecule has 1 fully saturated rings. The van der Waals surface area contributed by atoms with E-state index in [1.165, 1.54) is 0 Å². The largest absolute Gasteiger partial charge is 0.480 e. The first-order valence-electron chi connectivity index (χ1n) is 5.81. The van der Waals surface area contributed by atoms with Crippen molar-refractivity contribution in [3.8, 4) is 0 Å². The number of likely N-dealkylation sites (N-methyl/N-ethyl adjacent to an activating group) is 1. The third kappa shape index (κ3) is 3.47. The summed E-state index contributed by atoms with van der Waals surface area (Å²) in [5.41, 5.74) is 0. The van der Waals surface area contributed by atoms with Crippen LogP contribution in [0.1, 0.15) is 26.2 Å². The molecule has 88 valence electrons. The first kappa shape index (κ1) is 12.5. The van der Waals surface area contributed by atoms with E-state index in [0.717, 1.165) is 38.9 Å². The molecule has 2 unspecified atom stereocenters. The van der Waals surface area contributed by atoms with E-state index < -0.39 is 5.97 Å². The van der Waals surface area contributed by atoms with Gasteiger partial charge in [0.1, 0.15) is 6.04 Å². The maximum Gasteiger partial charge on any atom is 0.321 e. The lowest BCUT2D eigenvalue weighted by atomic mass is 9.90. The maximum absolute atomic E-state index is 11.0. The number of nitrogens with zero attached hydrogens (tertiary/aromatic N) is 1. The molecule has 2 N–H and O–H groups in total. The number of aliphatic carboxylic acids is 1. The number of hydrogen-bond donors (Lipinski definition) is 2. The molecule has 1 aliphatic heterocycles. The Hall–Kier alpha value is -0.610. The van der Waals surface area contributed by atoms with Gasteiger partial charge in [-0.2, -0.15) is 0 Å². The van der Waals surface area contributed by atoms with Gasteiger partial charge < -0.3 is 15.3 Å². The van der Waals surface area contributed by atoms with Gasteiger partial charge in [0.05, 0.1) is 0 Å². The Labute approximate surface area is 91.6 Å². The van der Waals surface area contributed by atoms with E-state index in [-0.39, 0.29) is 12.0 Å². The molecule has 15 heavy (non-hydrogen) atoms. The van der Waals surface area contributed by atoms with Crippen LogP contribution in [0.5, 0.6) is 0 Å². The number of carboxylic acid groups (broad SMARTS) is 1. The van der Waals surface area contributed by atoms with E-state index in [1.807, 2.05) is 0 Å². The molecule has 2 atom stereocenters.